The highest BCUT2D eigenvalue weighted by molar-refractivity contribution is 5.33. The van der Waals surface area contributed by atoms with Crippen LogP contribution in [0.3, 0.4) is 0 Å². The molecule has 7 heteroatoms. The number of aromatic hydroxyl groups is 1. The molecule has 0 radical (unpaired) electrons. The molecule has 0 aliphatic carbocycles. The fourth-order valence-corrected chi connectivity index (χ4v) is 2.62. The van der Waals surface area contributed by atoms with Crippen molar-refractivity contribution in [3.05, 3.63) is 29.8 Å². The van der Waals surface area contributed by atoms with Gasteiger partial charge in [0.25, 0.3) is 0 Å². The Balaban J connectivity index is 1.77. The van der Waals surface area contributed by atoms with Crippen LogP contribution in [0, 0.1) is 0 Å². The summed E-state index contributed by atoms with van der Waals surface area (Å²) >= 11 is 0. The zero-order valence-corrected chi connectivity index (χ0v) is 11.5. The van der Waals surface area contributed by atoms with Crippen molar-refractivity contribution in [3.63, 3.8) is 0 Å². The van der Waals surface area contributed by atoms with Gasteiger partial charge in [-0.1, -0.05) is 18.2 Å². The van der Waals surface area contributed by atoms with E-state index in [1.807, 2.05) is 0 Å². The van der Waals surface area contributed by atoms with Crippen LogP contribution in [-0.2, 0) is 18.9 Å². The molecule has 1 unspecified atom stereocenters. The van der Waals surface area contributed by atoms with E-state index in [0.29, 0.717) is 5.56 Å². The molecule has 2 saturated heterocycles. The van der Waals surface area contributed by atoms with Crippen LogP contribution in [0.25, 0.3) is 0 Å². The average molecular weight is 298 g/mol. The Labute approximate surface area is 121 Å². The molecule has 1 aromatic rings. The van der Waals surface area contributed by atoms with Gasteiger partial charge in [0.15, 0.2) is 12.6 Å². The Morgan fingerprint density at radius 2 is 1.90 bits per heavy atom. The van der Waals surface area contributed by atoms with Crippen LogP contribution in [0.4, 0.5) is 0 Å². The highest BCUT2D eigenvalue weighted by Crippen LogP contribution is 2.36. The number of aliphatic hydroxyl groups excluding tert-OH is 2. The maximum absolute atomic E-state index is 10.2. The molecule has 2 heterocycles. The molecule has 0 spiro atoms. The van der Waals surface area contributed by atoms with Gasteiger partial charge in [-0.05, 0) is 6.07 Å². The first-order chi connectivity index (χ1) is 10.1. The molecular weight excluding hydrogens is 280 g/mol. The maximum atomic E-state index is 10.2. The van der Waals surface area contributed by atoms with E-state index >= 15 is 0 Å². The van der Waals surface area contributed by atoms with Crippen LogP contribution < -0.4 is 0 Å². The minimum Gasteiger partial charge on any atom is -0.507 e. The zero-order valence-electron chi connectivity index (χ0n) is 11.5. The average Bonchev–Trinajstić information content (AvgIpc) is 2.51. The van der Waals surface area contributed by atoms with E-state index in [9.17, 15) is 15.3 Å². The van der Waals surface area contributed by atoms with Crippen LogP contribution in [0.15, 0.2) is 24.3 Å². The number of methoxy groups -OCH3 is 1. The normalized spacial score (nSPS) is 39.8. The number of fused-ring (bicyclic) bond motifs is 1. The van der Waals surface area contributed by atoms with Crippen molar-refractivity contribution >= 4 is 0 Å². The van der Waals surface area contributed by atoms with E-state index in [-0.39, 0.29) is 12.4 Å². The summed E-state index contributed by atoms with van der Waals surface area (Å²) in [5.41, 5.74) is 0.464. The first-order valence-corrected chi connectivity index (χ1v) is 6.71. The molecule has 2 aliphatic heterocycles. The van der Waals surface area contributed by atoms with Crippen molar-refractivity contribution in [2.24, 2.45) is 0 Å². The van der Waals surface area contributed by atoms with Gasteiger partial charge in [-0.15, -0.1) is 0 Å². The summed E-state index contributed by atoms with van der Waals surface area (Å²) in [5.74, 6) is 0.0440. The van der Waals surface area contributed by atoms with Gasteiger partial charge < -0.3 is 34.3 Å². The molecule has 2 fully saturated rings. The lowest BCUT2D eigenvalue weighted by molar-refractivity contribution is -0.358. The maximum Gasteiger partial charge on any atom is 0.188 e. The quantitative estimate of drug-likeness (QED) is 0.701. The Morgan fingerprint density at radius 3 is 2.62 bits per heavy atom. The fourth-order valence-electron chi connectivity index (χ4n) is 2.62. The van der Waals surface area contributed by atoms with Gasteiger partial charge >= 0.3 is 0 Å². The summed E-state index contributed by atoms with van der Waals surface area (Å²) in [6.07, 6.45) is -5.42. The van der Waals surface area contributed by atoms with Crippen molar-refractivity contribution in [1.82, 2.24) is 0 Å². The van der Waals surface area contributed by atoms with Gasteiger partial charge in [0, 0.05) is 12.7 Å². The second-order valence-corrected chi connectivity index (χ2v) is 5.08. The van der Waals surface area contributed by atoms with Crippen LogP contribution in [0.2, 0.25) is 0 Å². The summed E-state index contributed by atoms with van der Waals surface area (Å²) in [7, 11) is 1.39. The third-order valence-electron chi connectivity index (χ3n) is 3.76. The Morgan fingerprint density at radius 1 is 1.14 bits per heavy atom. The Hall–Kier alpha value is -1.22. The number of phenolic OH excluding ortho intramolecular Hbond substituents is 1. The summed E-state index contributed by atoms with van der Waals surface area (Å²) in [4.78, 5) is 0. The second kappa shape index (κ2) is 5.88. The standard InChI is InChI=1S/C14H18O7/c1-18-14-11(17)10(16)12-9(20-14)6-19-13(21-12)7-4-2-3-5-8(7)15/h2-5,9-17H,6H2,1H3/t9-,10-,11-,12-,13?,14+/m1/s1. The molecule has 2 aliphatic rings. The van der Waals surface area contributed by atoms with E-state index in [4.69, 9.17) is 18.9 Å². The predicted molar refractivity (Wildman–Crippen MR) is 69.4 cm³/mol. The van der Waals surface area contributed by atoms with Crippen molar-refractivity contribution in [3.8, 4) is 5.75 Å². The van der Waals surface area contributed by atoms with Crippen LogP contribution in [0.1, 0.15) is 11.9 Å². The highest BCUT2D eigenvalue weighted by atomic mass is 16.7. The largest absolute Gasteiger partial charge is 0.507 e. The number of hydrogen-bond donors (Lipinski definition) is 3. The SMILES string of the molecule is CO[C@H]1O[C@@H]2COC(c3ccccc3O)O[C@H]2[C@H](O)[C@H]1O. The minimum absolute atomic E-state index is 0.0440. The summed E-state index contributed by atoms with van der Waals surface area (Å²) in [6, 6.07) is 6.63. The number of hydrogen-bond acceptors (Lipinski definition) is 7. The summed E-state index contributed by atoms with van der Waals surface area (Å²) in [6.45, 7) is 0.160. The van der Waals surface area contributed by atoms with E-state index in [2.05, 4.69) is 0 Å². The van der Waals surface area contributed by atoms with E-state index < -0.39 is 37.0 Å². The van der Waals surface area contributed by atoms with Gasteiger partial charge in [-0.3, -0.25) is 0 Å². The summed E-state index contributed by atoms with van der Waals surface area (Å²) in [5, 5.41) is 29.9. The number of phenols is 1. The first kappa shape index (κ1) is 14.7. The molecule has 0 saturated carbocycles. The van der Waals surface area contributed by atoms with Gasteiger partial charge in [0.2, 0.25) is 0 Å². The Kier molecular flexibility index (Phi) is 4.12. The van der Waals surface area contributed by atoms with Crippen molar-refractivity contribution in [2.45, 2.75) is 37.0 Å². The molecule has 3 rings (SSSR count). The van der Waals surface area contributed by atoms with Crippen molar-refractivity contribution < 1.29 is 34.3 Å². The third-order valence-corrected chi connectivity index (χ3v) is 3.76. The fraction of sp³-hybridized carbons (Fsp3) is 0.571. The molecule has 0 aromatic heterocycles. The molecule has 21 heavy (non-hydrogen) atoms. The van der Waals surface area contributed by atoms with E-state index in [1.54, 1.807) is 18.2 Å². The molecular formula is C14H18O7. The number of rotatable bonds is 2. The lowest BCUT2D eigenvalue weighted by atomic mass is 9.98. The van der Waals surface area contributed by atoms with Gasteiger partial charge in [-0.25, -0.2) is 0 Å². The van der Waals surface area contributed by atoms with Gasteiger partial charge in [0.1, 0.15) is 30.2 Å². The summed E-state index contributed by atoms with van der Waals surface area (Å²) < 4.78 is 21.7. The molecule has 1 aromatic carbocycles. The van der Waals surface area contributed by atoms with Crippen LogP contribution in [-0.4, -0.2) is 59.7 Å². The van der Waals surface area contributed by atoms with Gasteiger partial charge in [0.05, 0.1) is 6.61 Å². The minimum atomic E-state index is -1.21. The first-order valence-electron chi connectivity index (χ1n) is 6.71. The van der Waals surface area contributed by atoms with Crippen molar-refractivity contribution in [2.75, 3.05) is 13.7 Å². The molecule has 7 nitrogen and oxygen atoms in total. The van der Waals surface area contributed by atoms with Crippen LogP contribution >= 0.6 is 0 Å². The number of para-hydroxylation sites is 1. The second-order valence-electron chi connectivity index (χ2n) is 5.08. The monoisotopic (exact) mass is 298 g/mol. The van der Waals surface area contributed by atoms with Gasteiger partial charge in [-0.2, -0.15) is 0 Å². The topological polar surface area (TPSA) is 97.6 Å². The zero-order chi connectivity index (χ0) is 15.0. The lowest BCUT2D eigenvalue weighted by Gasteiger charge is -2.45. The molecule has 3 N–H and O–H groups in total. The molecule has 116 valence electrons. The molecule has 0 bridgehead atoms. The number of aliphatic hydroxyl groups is 2. The Bertz CT molecular complexity index is 492. The smallest absolute Gasteiger partial charge is 0.188 e. The van der Waals surface area contributed by atoms with E-state index in [0.717, 1.165) is 0 Å². The number of benzene rings is 1. The third kappa shape index (κ3) is 2.64. The number of ether oxygens (including phenoxy) is 4. The van der Waals surface area contributed by atoms with Crippen LogP contribution in [0.5, 0.6) is 5.75 Å². The molecule has 6 atom stereocenters. The lowest BCUT2D eigenvalue weighted by Crippen LogP contribution is -2.62. The van der Waals surface area contributed by atoms with Crippen molar-refractivity contribution in [1.29, 1.82) is 0 Å². The predicted octanol–water partition coefficient (Wildman–Crippen LogP) is -0.101. The highest BCUT2D eigenvalue weighted by Gasteiger charge is 2.49. The molecule has 0 amide bonds. The van der Waals surface area contributed by atoms with E-state index in [1.165, 1.54) is 13.2 Å².